The quantitative estimate of drug-likeness (QED) is 0.664. The van der Waals surface area contributed by atoms with Gasteiger partial charge in [-0.25, -0.2) is 0 Å². The Balaban J connectivity index is 2.12. The summed E-state index contributed by atoms with van der Waals surface area (Å²) in [5.74, 6) is 0.0546. The normalized spacial score (nSPS) is 20.1. The maximum atomic E-state index is 11.9. The van der Waals surface area contributed by atoms with Crippen LogP contribution in [0.1, 0.15) is 34.6 Å². The standard InChI is InChI=1S/C11H14N2OS/c14-11-10-7-8-3-1-2-4-9(8)12(10)5-6-13(11)15/h7,15H,1-6H2. The predicted octanol–water partition coefficient (Wildman–Crippen LogP) is 1.67. The Morgan fingerprint density at radius 2 is 2.00 bits per heavy atom. The van der Waals surface area contributed by atoms with Crippen molar-refractivity contribution in [2.45, 2.75) is 32.2 Å². The van der Waals surface area contributed by atoms with Gasteiger partial charge in [0.25, 0.3) is 5.91 Å². The summed E-state index contributed by atoms with van der Waals surface area (Å²) in [5, 5.41) is 0. The van der Waals surface area contributed by atoms with E-state index in [9.17, 15) is 4.79 Å². The van der Waals surface area contributed by atoms with Gasteiger partial charge in [0.05, 0.1) is 6.54 Å². The van der Waals surface area contributed by atoms with Crippen molar-refractivity contribution in [3.8, 4) is 0 Å². The van der Waals surface area contributed by atoms with Gasteiger partial charge in [-0.3, -0.25) is 9.10 Å². The number of hydrogen-bond donors (Lipinski definition) is 1. The van der Waals surface area contributed by atoms with Crippen LogP contribution in [0, 0.1) is 0 Å². The van der Waals surface area contributed by atoms with Crippen LogP contribution < -0.4 is 0 Å². The second-order valence-corrected chi connectivity index (χ2v) is 4.77. The van der Waals surface area contributed by atoms with Crippen LogP contribution in [0.2, 0.25) is 0 Å². The number of carbonyl (C=O) groups excluding carboxylic acids is 1. The number of hydrogen-bond acceptors (Lipinski definition) is 2. The molecule has 0 bridgehead atoms. The molecule has 1 aromatic heterocycles. The number of rotatable bonds is 0. The monoisotopic (exact) mass is 222 g/mol. The van der Waals surface area contributed by atoms with Gasteiger partial charge in [-0.05, 0) is 37.3 Å². The third-order valence-electron chi connectivity index (χ3n) is 3.40. The number of amides is 1. The first-order valence-electron chi connectivity index (χ1n) is 5.49. The first kappa shape index (κ1) is 9.33. The molecule has 0 unspecified atom stereocenters. The van der Waals surface area contributed by atoms with Crippen LogP contribution in [0.4, 0.5) is 0 Å². The second-order valence-electron chi connectivity index (χ2n) is 4.29. The molecule has 0 saturated heterocycles. The Kier molecular flexibility index (Phi) is 2.06. The summed E-state index contributed by atoms with van der Waals surface area (Å²) in [7, 11) is 0. The summed E-state index contributed by atoms with van der Waals surface area (Å²) in [6.45, 7) is 1.62. The van der Waals surface area contributed by atoms with Gasteiger partial charge >= 0.3 is 0 Å². The lowest BCUT2D eigenvalue weighted by atomic mass is 9.98. The fourth-order valence-corrected chi connectivity index (χ4v) is 2.82. The van der Waals surface area contributed by atoms with Crippen LogP contribution in [0.5, 0.6) is 0 Å². The highest BCUT2D eigenvalue weighted by Gasteiger charge is 2.27. The van der Waals surface area contributed by atoms with Gasteiger partial charge in [0.15, 0.2) is 0 Å². The summed E-state index contributed by atoms with van der Waals surface area (Å²) in [5.41, 5.74) is 3.61. The third kappa shape index (κ3) is 1.31. The van der Waals surface area contributed by atoms with Gasteiger partial charge < -0.3 is 4.57 Å². The smallest absolute Gasteiger partial charge is 0.280 e. The average molecular weight is 222 g/mol. The van der Waals surface area contributed by atoms with Crippen molar-refractivity contribution in [3.63, 3.8) is 0 Å². The number of fused-ring (bicyclic) bond motifs is 3. The first-order valence-corrected chi connectivity index (χ1v) is 5.89. The number of nitrogens with zero attached hydrogens (tertiary/aromatic N) is 2. The van der Waals surface area contributed by atoms with E-state index in [0.717, 1.165) is 31.6 Å². The third-order valence-corrected chi connectivity index (χ3v) is 3.78. The Hall–Kier alpha value is -0.900. The highest BCUT2D eigenvalue weighted by atomic mass is 32.1. The van der Waals surface area contributed by atoms with Crippen molar-refractivity contribution in [1.29, 1.82) is 0 Å². The van der Waals surface area contributed by atoms with E-state index >= 15 is 0 Å². The minimum absolute atomic E-state index is 0.0546. The van der Waals surface area contributed by atoms with Crippen molar-refractivity contribution < 1.29 is 4.79 Å². The highest BCUT2D eigenvalue weighted by molar-refractivity contribution is 7.78. The molecule has 0 atom stereocenters. The van der Waals surface area contributed by atoms with E-state index in [1.807, 2.05) is 0 Å². The Labute approximate surface area is 94.6 Å². The zero-order chi connectivity index (χ0) is 10.4. The lowest BCUT2D eigenvalue weighted by Crippen LogP contribution is -2.34. The van der Waals surface area contributed by atoms with Crippen molar-refractivity contribution in [1.82, 2.24) is 8.87 Å². The number of carbonyl (C=O) groups is 1. The minimum atomic E-state index is 0.0546. The van der Waals surface area contributed by atoms with E-state index in [2.05, 4.69) is 23.4 Å². The van der Waals surface area contributed by atoms with Gasteiger partial charge in [0, 0.05) is 12.2 Å². The van der Waals surface area contributed by atoms with Crippen LogP contribution in [0.25, 0.3) is 0 Å². The molecular formula is C11H14N2OS. The van der Waals surface area contributed by atoms with Crippen LogP contribution in [0.15, 0.2) is 6.07 Å². The molecule has 1 aliphatic carbocycles. The summed E-state index contributed by atoms with van der Waals surface area (Å²) < 4.78 is 3.71. The van der Waals surface area contributed by atoms with Crippen LogP contribution in [-0.4, -0.2) is 21.3 Å². The van der Waals surface area contributed by atoms with Gasteiger partial charge in [-0.2, -0.15) is 0 Å². The van der Waals surface area contributed by atoms with Gasteiger partial charge in [0.2, 0.25) is 0 Å². The zero-order valence-corrected chi connectivity index (χ0v) is 9.46. The van der Waals surface area contributed by atoms with Crippen LogP contribution in [0.3, 0.4) is 0 Å². The summed E-state index contributed by atoms with van der Waals surface area (Å²) >= 11 is 4.17. The first-order chi connectivity index (χ1) is 7.27. The summed E-state index contributed by atoms with van der Waals surface area (Å²) in [6, 6.07) is 2.07. The van der Waals surface area contributed by atoms with E-state index in [4.69, 9.17) is 0 Å². The molecule has 3 rings (SSSR count). The Morgan fingerprint density at radius 3 is 2.87 bits per heavy atom. The fourth-order valence-electron chi connectivity index (χ4n) is 2.63. The van der Waals surface area contributed by atoms with E-state index in [1.165, 1.54) is 28.4 Å². The zero-order valence-electron chi connectivity index (χ0n) is 8.57. The molecule has 0 saturated carbocycles. The highest BCUT2D eigenvalue weighted by Crippen LogP contribution is 2.28. The van der Waals surface area contributed by atoms with Crippen LogP contribution in [-0.2, 0) is 19.4 Å². The molecule has 2 heterocycles. The summed E-state index contributed by atoms with van der Waals surface area (Å²) in [4.78, 5) is 11.9. The number of aryl methyl sites for hydroxylation is 1. The molecular weight excluding hydrogens is 208 g/mol. The summed E-state index contributed by atoms with van der Waals surface area (Å²) in [6.07, 6.45) is 4.79. The van der Waals surface area contributed by atoms with Crippen LogP contribution >= 0.6 is 12.8 Å². The van der Waals surface area contributed by atoms with Gasteiger partial charge in [-0.15, -0.1) is 0 Å². The predicted molar refractivity (Wildman–Crippen MR) is 61.1 cm³/mol. The lowest BCUT2D eigenvalue weighted by molar-refractivity contribution is 0.0837. The fraction of sp³-hybridized carbons (Fsp3) is 0.545. The molecule has 4 heteroatoms. The molecule has 1 amide bonds. The molecule has 80 valence electrons. The van der Waals surface area contributed by atoms with Crippen molar-refractivity contribution in [3.05, 3.63) is 23.0 Å². The van der Waals surface area contributed by atoms with Crippen molar-refractivity contribution in [2.24, 2.45) is 0 Å². The molecule has 3 nitrogen and oxygen atoms in total. The maximum Gasteiger partial charge on any atom is 0.280 e. The van der Waals surface area contributed by atoms with Crippen molar-refractivity contribution in [2.75, 3.05) is 6.54 Å². The van der Waals surface area contributed by atoms with Gasteiger partial charge in [-0.1, -0.05) is 12.8 Å². The number of thiol groups is 1. The van der Waals surface area contributed by atoms with Gasteiger partial charge in [0.1, 0.15) is 5.69 Å². The second kappa shape index (κ2) is 3.30. The topological polar surface area (TPSA) is 25.2 Å². The molecule has 15 heavy (non-hydrogen) atoms. The maximum absolute atomic E-state index is 11.9. The number of aromatic nitrogens is 1. The molecule has 0 N–H and O–H groups in total. The van der Waals surface area contributed by atoms with E-state index in [1.54, 1.807) is 0 Å². The van der Waals surface area contributed by atoms with Crippen molar-refractivity contribution >= 4 is 18.7 Å². The lowest BCUT2D eigenvalue weighted by Gasteiger charge is -2.25. The van der Waals surface area contributed by atoms with E-state index < -0.39 is 0 Å². The minimum Gasteiger partial charge on any atom is -0.339 e. The molecule has 0 radical (unpaired) electrons. The molecule has 0 aromatic carbocycles. The molecule has 0 fully saturated rings. The molecule has 1 aromatic rings. The molecule has 1 aliphatic heterocycles. The van der Waals surface area contributed by atoms with E-state index in [0.29, 0.717) is 0 Å². The SMILES string of the molecule is O=C1c2cc3c(n2CCN1S)CCCC3. The Bertz CT molecular complexity index is 424. The average Bonchev–Trinajstić information content (AvgIpc) is 2.63. The Morgan fingerprint density at radius 1 is 1.20 bits per heavy atom. The largest absolute Gasteiger partial charge is 0.339 e. The molecule has 2 aliphatic rings. The van der Waals surface area contributed by atoms with E-state index in [-0.39, 0.29) is 5.91 Å². The molecule has 0 spiro atoms.